The normalized spacial score (nSPS) is 23.9. The average molecular weight is 536 g/mol. The van der Waals surface area contributed by atoms with Crippen LogP contribution in [0.1, 0.15) is 57.5 Å². The lowest BCUT2D eigenvalue weighted by molar-refractivity contribution is -0.126. The highest BCUT2D eigenvalue weighted by Crippen LogP contribution is 2.41. The molecule has 0 bridgehead atoms. The number of amides is 2. The summed E-state index contributed by atoms with van der Waals surface area (Å²) in [5.41, 5.74) is 4.20. The minimum absolute atomic E-state index is 0.0210. The molecule has 9 heteroatoms. The number of halogens is 1. The van der Waals surface area contributed by atoms with Gasteiger partial charge in [0.2, 0.25) is 11.8 Å². The fourth-order valence-corrected chi connectivity index (χ4v) is 5.92. The standard InChI is InChI=1S/C30H38FN5O3/c1-18-13-35(29(39)20(18)3)15-24-12-32-19(2)14-34(24)16-26(37)36-17-30(4,5)28-25(36)10-22(11-33-28)27(38)21-6-8-23(31)9-7-21/h6-11,19,24,27,32,38H,12-17H2,1-5H3/t19?,24-,27?/m1/s1. The van der Waals surface area contributed by atoms with E-state index in [-0.39, 0.29) is 41.7 Å². The molecule has 3 aliphatic heterocycles. The second-order valence-electron chi connectivity index (χ2n) is 11.9. The van der Waals surface area contributed by atoms with Crippen LogP contribution in [-0.4, -0.2) is 83.1 Å². The number of rotatable bonds is 6. The van der Waals surface area contributed by atoms with E-state index in [1.807, 2.05) is 24.8 Å². The van der Waals surface area contributed by atoms with Crippen LogP contribution in [0.2, 0.25) is 0 Å². The van der Waals surface area contributed by atoms with Crippen LogP contribution >= 0.6 is 0 Å². The monoisotopic (exact) mass is 535 g/mol. The number of pyridine rings is 1. The number of hydrogen-bond acceptors (Lipinski definition) is 6. The smallest absolute Gasteiger partial charge is 0.249 e. The zero-order chi connectivity index (χ0) is 28.1. The van der Waals surface area contributed by atoms with E-state index in [0.717, 1.165) is 16.8 Å². The molecule has 0 aliphatic carbocycles. The van der Waals surface area contributed by atoms with Crippen molar-refractivity contribution in [2.45, 2.75) is 58.2 Å². The summed E-state index contributed by atoms with van der Waals surface area (Å²) in [6, 6.07) is 7.82. The molecule has 2 N–H and O–H groups in total. The topological polar surface area (TPSA) is 89.0 Å². The van der Waals surface area contributed by atoms with Gasteiger partial charge in [0.15, 0.2) is 0 Å². The van der Waals surface area contributed by atoms with Gasteiger partial charge in [-0.15, -0.1) is 0 Å². The molecule has 2 amide bonds. The molecule has 0 saturated carbocycles. The molecule has 3 atom stereocenters. The molecule has 2 unspecified atom stereocenters. The van der Waals surface area contributed by atoms with Crippen molar-refractivity contribution < 1.29 is 19.1 Å². The molecule has 0 radical (unpaired) electrons. The van der Waals surface area contributed by atoms with Gasteiger partial charge in [-0.3, -0.25) is 19.5 Å². The number of nitrogens with zero attached hydrogens (tertiary/aromatic N) is 4. The Hall–Kier alpha value is -3.14. The molecule has 1 fully saturated rings. The van der Waals surface area contributed by atoms with Crippen LogP contribution in [0.25, 0.3) is 0 Å². The first-order chi connectivity index (χ1) is 18.4. The maximum Gasteiger partial charge on any atom is 0.249 e. The third-order valence-corrected chi connectivity index (χ3v) is 8.35. The molecule has 0 spiro atoms. The largest absolute Gasteiger partial charge is 0.384 e. The highest BCUT2D eigenvalue weighted by molar-refractivity contribution is 5.97. The molecule has 2 aromatic rings. The Balaban J connectivity index is 1.36. The zero-order valence-corrected chi connectivity index (χ0v) is 23.4. The molecular weight excluding hydrogens is 497 g/mol. The van der Waals surface area contributed by atoms with E-state index in [1.165, 1.54) is 12.1 Å². The fraction of sp³-hybridized carbons (Fsp3) is 0.500. The summed E-state index contributed by atoms with van der Waals surface area (Å²) in [5, 5.41) is 14.5. The number of nitrogens with one attached hydrogen (secondary N) is 1. The van der Waals surface area contributed by atoms with Crippen LogP contribution < -0.4 is 10.2 Å². The van der Waals surface area contributed by atoms with E-state index in [4.69, 9.17) is 0 Å². The second kappa shape index (κ2) is 10.4. The first-order valence-electron chi connectivity index (χ1n) is 13.6. The quantitative estimate of drug-likeness (QED) is 0.592. The summed E-state index contributed by atoms with van der Waals surface area (Å²) in [7, 11) is 0. The highest BCUT2D eigenvalue weighted by atomic mass is 19.1. The molecule has 208 valence electrons. The molecule has 8 nitrogen and oxygen atoms in total. The number of aliphatic hydroxyl groups excluding tert-OH is 1. The Kier molecular flexibility index (Phi) is 7.35. The average Bonchev–Trinajstić information content (AvgIpc) is 3.31. The number of aromatic nitrogens is 1. The Morgan fingerprint density at radius 1 is 1.23 bits per heavy atom. The summed E-state index contributed by atoms with van der Waals surface area (Å²) < 4.78 is 13.4. The van der Waals surface area contributed by atoms with Crippen molar-refractivity contribution in [1.82, 2.24) is 20.1 Å². The van der Waals surface area contributed by atoms with Crippen molar-refractivity contribution in [2.24, 2.45) is 0 Å². The van der Waals surface area contributed by atoms with Crippen LogP contribution in [0.3, 0.4) is 0 Å². The van der Waals surface area contributed by atoms with E-state index < -0.39 is 6.10 Å². The number of hydrogen-bond donors (Lipinski definition) is 2. The summed E-state index contributed by atoms with van der Waals surface area (Å²) in [5.74, 6) is -0.326. The number of benzene rings is 1. The zero-order valence-electron chi connectivity index (χ0n) is 23.4. The number of aliphatic hydroxyl groups is 1. The van der Waals surface area contributed by atoms with Crippen LogP contribution in [-0.2, 0) is 15.0 Å². The first-order valence-corrected chi connectivity index (χ1v) is 13.6. The number of piperazine rings is 1. The van der Waals surface area contributed by atoms with E-state index in [0.29, 0.717) is 49.5 Å². The van der Waals surface area contributed by atoms with Gasteiger partial charge in [-0.05, 0) is 50.1 Å². The lowest BCUT2D eigenvalue weighted by atomic mass is 9.90. The van der Waals surface area contributed by atoms with E-state index >= 15 is 0 Å². The van der Waals surface area contributed by atoms with E-state index in [2.05, 4.69) is 36.0 Å². The van der Waals surface area contributed by atoms with Gasteiger partial charge in [-0.25, -0.2) is 4.39 Å². The Labute approximate surface area is 229 Å². The van der Waals surface area contributed by atoms with Gasteiger partial charge in [-0.2, -0.15) is 0 Å². The molecule has 3 aliphatic rings. The van der Waals surface area contributed by atoms with Crippen molar-refractivity contribution in [3.05, 3.63) is 70.3 Å². The van der Waals surface area contributed by atoms with Crippen molar-refractivity contribution in [2.75, 3.05) is 44.2 Å². The van der Waals surface area contributed by atoms with Gasteiger partial charge in [0.1, 0.15) is 11.9 Å². The Morgan fingerprint density at radius 2 is 1.95 bits per heavy atom. The maximum atomic E-state index is 13.9. The van der Waals surface area contributed by atoms with Crippen LogP contribution in [0.5, 0.6) is 0 Å². The van der Waals surface area contributed by atoms with Crippen molar-refractivity contribution >= 4 is 17.5 Å². The van der Waals surface area contributed by atoms with Gasteiger partial charge in [0, 0.05) is 67.6 Å². The maximum absolute atomic E-state index is 13.9. The van der Waals surface area contributed by atoms with Gasteiger partial charge >= 0.3 is 0 Å². The van der Waals surface area contributed by atoms with Gasteiger partial charge < -0.3 is 20.2 Å². The number of carbonyl (C=O) groups is 2. The third-order valence-electron chi connectivity index (χ3n) is 8.35. The molecule has 39 heavy (non-hydrogen) atoms. The lowest BCUT2D eigenvalue weighted by Gasteiger charge is -2.41. The second-order valence-corrected chi connectivity index (χ2v) is 11.9. The van der Waals surface area contributed by atoms with E-state index in [9.17, 15) is 19.1 Å². The number of fused-ring (bicyclic) bond motifs is 1. The molecule has 4 heterocycles. The van der Waals surface area contributed by atoms with Crippen molar-refractivity contribution in [1.29, 1.82) is 0 Å². The molecule has 1 aromatic heterocycles. The fourth-order valence-electron chi connectivity index (χ4n) is 5.92. The molecule has 5 rings (SSSR count). The van der Waals surface area contributed by atoms with Gasteiger partial charge in [0.25, 0.3) is 0 Å². The number of anilines is 1. The third kappa shape index (κ3) is 5.35. The van der Waals surface area contributed by atoms with Crippen molar-refractivity contribution in [3.8, 4) is 0 Å². The summed E-state index contributed by atoms with van der Waals surface area (Å²) >= 11 is 0. The van der Waals surface area contributed by atoms with Crippen LogP contribution in [0.4, 0.5) is 10.1 Å². The minimum Gasteiger partial charge on any atom is -0.384 e. The first kappa shape index (κ1) is 27.4. The van der Waals surface area contributed by atoms with Gasteiger partial charge in [-0.1, -0.05) is 26.0 Å². The van der Waals surface area contributed by atoms with Crippen LogP contribution in [0.15, 0.2) is 47.7 Å². The van der Waals surface area contributed by atoms with E-state index in [1.54, 1.807) is 23.2 Å². The summed E-state index contributed by atoms with van der Waals surface area (Å²) in [6.07, 6.45) is 0.655. The lowest BCUT2D eigenvalue weighted by Crippen LogP contribution is -2.61. The molecular formula is C30H38FN5O3. The Bertz CT molecular complexity index is 1310. The molecule has 1 saturated heterocycles. The van der Waals surface area contributed by atoms with Gasteiger partial charge in [0.05, 0.1) is 17.9 Å². The predicted molar refractivity (Wildman–Crippen MR) is 148 cm³/mol. The summed E-state index contributed by atoms with van der Waals surface area (Å²) in [4.78, 5) is 37.1. The predicted octanol–water partition coefficient (Wildman–Crippen LogP) is 2.77. The van der Waals surface area contributed by atoms with Crippen molar-refractivity contribution in [3.63, 3.8) is 0 Å². The highest BCUT2D eigenvalue weighted by Gasteiger charge is 2.41. The Morgan fingerprint density at radius 3 is 2.62 bits per heavy atom. The molecule has 1 aromatic carbocycles. The van der Waals surface area contributed by atoms with Crippen LogP contribution in [0, 0.1) is 5.82 Å². The minimum atomic E-state index is -0.985. The SMILES string of the molecule is CC1=C(C)C(=O)N(C[C@H]2CNC(C)CN2CC(=O)N2CC(C)(C)c3ncc(C(O)c4ccc(F)cc4)cc32)C1. The number of carbonyl (C=O) groups excluding carboxylic acids is 2. The summed E-state index contributed by atoms with van der Waals surface area (Å²) in [6.45, 7) is 13.4.